The minimum atomic E-state index is -3.35. The summed E-state index contributed by atoms with van der Waals surface area (Å²) in [6.45, 7) is 0.671. The lowest BCUT2D eigenvalue weighted by Gasteiger charge is -2.11. The summed E-state index contributed by atoms with van der Waals surface area (Å²) in [5, 5.41) is 2.49. The van der Waals surface area contributed by atoms with E-state index in [0.29, 0.717) is 24.6 Å². The monoisotopic (exact) mass is 272 g/mol. The van der Waals surface area contributed by atoms with Gasteiger partial charge in [-0.15, -0.1) is 0 Å². The van der Waals surface area contributed by atoms with E-state index in [9.17, 15) is 13.2 Å². The molecule has 100 valence electrons. The minimum absolute atomic E-state index is 0.318. The van der Waals surface area contributed by atoms with Crippen molar-refractivity contribution in [2.45, 2.75) is 0 Å². The molecule has 0 spiro atoms. The van der Waals surface area contributed by atoms with Crippen LogP contribution in [0.1, 0.15) is 0 Å². The number of ether oxygens (including phenoxy) is 1. The molecule has 0 aromatic heterocycles. The fraction of sp³-hybridized carbons (Fsp3) is 0.364. The number of para-hydroxylation sites is 2. The molecule has 0 unspecified atom stereocenters. The van der Waals surface area contributed by atoms with Crippen LogP contribution in [0, 0.1) is 0 Å². The third-order valence-electron chi connectivity index (χ3n) is 1.93. The predicted octanol–water partition coefficient (Wildman–Crippen LogP) is 0.00720. The summed E-state index contributed by atoms with van der Waals surface area (Å²) in [5.74, 6) is -0.691. The average Bonchev–Trinajstić information content (AvgIpc) is 2.25. The van der Waals surface area contributed by atoms with Crippen LogP contribution in [-0.4, -0.2) is 39.5 Å². The van der Waals surface area contributed by atoms with Crippen molar-refractivity contribution in [3.05, 3.63) is 24.3 Å². The second kappa shape index (κ2) is 6.36. The number of anilines is 1. The summed E-state index contributed by atoms with van der Waals surface area (Å²) in [6, 6.07) is 6.77. The van der Waals surface area contributed by atoms with Gasteiger partial charge in [-0.2, -0.15) is 0 Å². The Bertz CT molecular complexity index is 514. The van der Waals surface area contributed by atoms with Gasteiger partial charge in [-0.05, 0) is 12.1 Å². The zero-order chi connectivity index (χ0) is 13.6. The van der Waals surface area contributed by atoms with E-state index in [-0.39, 0.29) is 0 Å². The molecule has 18 heavy (non-hydrogen) atoms. The van der Waals surface area contributed by atoms with Crippen molar-refractivity contribution in [2.24, 2.45) is 5.73 Å². The van der Waals surface area contributed by atoms with Gasteiger partial charge in [0.1, 0.15) is 18.1 Å². The molecule has 0 aliphatic heterocycles. The molecule has 0 atom stereocenters. The maximum atomic E-state index is 11.5. The Morgan fingerprint density at radius 2 is 2.06 bits per heavy atom. The largest absolute Gasteiger partial charge is 0.490 e. The number of sulfone groups is 1. The maximum absolute atomic E-state index is 11.5. The highest BCUT2D eigenvalue weighted by molar-refractivity contribution is 7.91. The van der Waals surface area contributed by atoms with Gasteiger partial charge < -0.3 is 15.8 Å². The van der Waals surface area contributed by atoms with E-state index in [2.05, 4.69) is 5.32 Å². The molecule has 0 bridgehead atoms. The number of benzene rings is 1. The van der Waals surface area contributed by atoms with Gasteiger partial charge in [0.15, 0.2) is 9.84 Å². The van der Waals surface area contributed by atoms with E-state index in [1.54, 1.807) is 24.3 Å². The van der Waals surface area contributed by atoms with Gasteiger partial charge in [-0.1, -0.05) is 12.1 Å². The SMILES string of the molecule is CS(=O)(=O)CC(=O)Nc1ccccc1OCCN. The number of nitrogens with two attached hydrogens (primary N) is 1. The van der Waals surface area contributed by atoms with Crippen LogP contribution in [0.4, 0.5) is 5.69 Å². The third kappa shape index (κ3) is 5.15. The molecule has 0 saturated carbocycles. The van der Waals surface area contributed by atoms with Crippen LogP contribution in [0.2, 0.25) is 0 Å². The summed E-state index contributed by atoms with van der Waals surface area (Å²) in [6.07, 6.45) is 1.00. The van der Waals surface area contributed by atoms with Crippen molar-refractivity contribution in [3.63, 3.8) is 0 Å². The lowest BCUT2D eigenvalue weighted by atomic mass is 10.3. The third-order valence-corrected chi connectivity index (χ3v) is 2.72. The molecular weight excluding hydrogens is 256 g/mol. The van der Waals surface area contributed by atoms with Crippen molar-refractivity contribution in [2.75, 3.05) is 30.5 Å². The zero-order valence-corrected chi connectivity index (χ0v) is 10.9. The highest BCUT2D eigenvalue weighted by Gasteiger charge is 2.12. The summed E-state index contributed by atoms with van der Waals surface area (Å²) >= 11 is 0. The number of rotatable bonds is 6. The van der Waals surface area contributed by atoms with E-state index < -0.39 is 21.5 Å². The number of carbonyl (C=O) groups excluding carboxylic acids is 1. The minimum Gasteiger partial charge on any atom is -0.490 e. The second-order valence-corrected chi connectivity index (χ2v) is 5.89. The summed E-state index contributed by atoms with van der Waals surface area (Å²) in [7, 11) is -3.35. The van der Waals surface area contributed by atoms with E-state index in [0.717, 1.165) is 6.26 Å². The Balaban J connectivity index is 2.74. The fourth-order valence-electron chi connectivity index (χ4n) is 1.29. The van der Waals surface area contributed by atoms with Crippen molar-refractivity contribution in [1.82, 2.24) is 0 Å². The molecule has 0 aliphatic rings. The smallest absolute Gasteiger partial charge is 0.239 e. The van der Waals surface area contributed by atoms with Crippen LogP contribution in [0.3, 0.4) is 0 Å². The van der Waals surface area contributed by atoms with Crippen molar-refractivity contribution in [3.8, 4) is 5.75 Å². The quantitative estimate of drug-likeness (QED) is 0.760. The first-order chi connectivity index (χ1) is 8.42. The summed E-state index contributed by atoms with van der Waals surface area (Å²) < 4.78 is 27.3. The number of hydrogen-bond donors (Lipinski definition) is 2. The van der Waals surface area contributed by atoms with Crippen LogP contribution in [0.15, 0.2) is 24.3 Å². The van der Waals surface area contributed by atoms with Crippen LogP contribution < -0.4 is 15.8 Å². The number of carbonyl (C=O) groups is 1. The first kappa shape index (κ1) is 14.5. The molecule has 0 heterocycles. The summed E-state index contributed by atoms with van der Waals surface area (Å²) in [4.78, 5) is 11.5. The highest BCUT2D eigenvalue weighted by Crippen LogP contribution is 2.23. The Labute approximate surface area is 106 Å². The van der Waals surface area contributed by atoms with Crippen LogP contribution in [0.25, 0.3) is 0 Å². The van der Waals surface area contributed by atoms with Gasteiger partial charge in [-0.25, -0.2) is 8.42 Å². The molecular formula is C11H16N2O4S. The molecule has 3 N–H and O–H groups in total. The normalized spacial score (nSPS) is 11.0. The number of nitrogens with one attached hydrogen (secondary N) is 1. The molecule has 0 fully saturated rings. The van der Waals surface area contributed by atoms with Gasteiger partial charge in [0.2, 0.25) is 5.91 Å². The molecule has 0 radical (unpaired) electrons. The Morgan fingerprint density at radius 3 is 2.67 bits per heavy atom. The van der Waals surface area contributed by atoms with Gasteiger partial charge in [0, 0.05) is 12.8 Å². The first-order valence-corrected chi connectivity index (χ1v) is 7.38. The molecule has 0 aliphatic carbocycles. The van der Waals surface area contributed by atoms with E-state index in [4.69, 9.17) is 10.5 Å². The number of amides is 1. The van der Waals surface area contributed by atoms with Crippen LogP contribution in [-0.2, 0) is 14.6 Å². The fourth-order valence-corrected chi connectivity index (χ4v) is 1.84. The first-order valence-electron chi connectivity index (χ1n) is 5.32. The molecule has 1 aromatic rings. The highest BCUT2D eigenvalue weighted by atomic mass is 32.2. The standard InChI is InChI=1S/C11H16N2O4S/c1-18(15,16)8-11(14)13-9-4-2-3-5-10(9)17-7-6-12/h2-5H,6-8,12H2,1H3,(H,13,14). The molecule has 7 heteroatoms. The molecule has 6 nitrogen and oxygen atoms in total. The van der Waals surface area contributed by atoms with Gasteiger partial charge in [0.05, 0.1) is 5.69 Å². The van der Waals surface area contributed by atoms with E-state index in [1.165, 1.54) is 0 Å². The Kier molecular flexibility index (Phi) is 5.11. The Morgan fingerprint density at radius 1 is 1.39 bits per heavy atom. The molecule has 1 rings (SSSR count). The van der Waals surface area contributed by atoms with E-state index >= 15 is 0 Å². The maximum Gasteiger partial charge on any atom is 0.239 e. The van der Waals surface area contributed by atoms with E-state index in [1.807, 2.05) is 0 Å². The zero-order valence-electron chi connectivity index (χ0n) is 10.0. The summed E-state index contributed by atoms with van der Waals surface area (Å²) in [5.41, 5.74) is 5.75. The van der Waals surface area contributed by atoms with Crippen molar-refractivity contribution >= 4 is 21.4 Å². The van der Waals surface area contributed by atoms with Crippen LogP contribution >= 0.6 is 0 Å². The van der Waals surface area contributed by atoms with Gasteiger partial charge in [0.25, 0.3) is 0 Å². The molecule has 1 aromatic carbocycles. The molecule has 1 amide bonds. The predicted molar refractivity (Wildman–Crippen MR) is 69.3 cm³/mol. The molecule has 0 saturated heterocycles. The number of hydrogen-bond acceptors (Lipinski definition) is 5. The average molecular weight is 272 g/mol. The lowest BCUT2D eigenvalue weighted by Crippen LogP contribution is -2.22. The Hall–Kier alpha value is -1.60. The second-order valence-electron chi connectivity index (χ2n) is 3.75. The van der Waals surface area contributed by atoms with Crippen molar-refractivity contribution in [1.29, 1.82) is 0 Å². The lowest BCUT2D eigenvalue weighted by molar-refractivity contribution is -0.113. The van der Waals surface area contributed by atoms with Crippen molar-refractivity contribution < 1.29 is 17.9 Å². The topological polar surface area (TPSA) is 98.5 Å². The van der Waals surface area contributed by atoms with Crippen LogP contribution in [0.5, 0.6) is 5.75 Å². The van der Waals surface area contributed by atoms with Gasteiger partial charge >= 0.3 is 0 Å². The van der Waals surface area contributed by atoms with Gasteiger partial charge in [-0.3, -0.25) is 4.79 Å².